The van der Waals surface area contributed by atoms with E-state index < -0.39 is 12.5 Å². The molecule has 7 heteroatoms. The van der Waals surface area contributed by atoms with Gasteiger partial charge in [0.1, 0.15) is 5.03 Å². The summed E-state index contributed by atoms with van der Waals surface area (Å²) >= 11 is 1.66. The Kier molecular flexibility index (Phi) is 3.10. The van der Waals surface area contributed by atoms with Crippen molar-refractivity contribution >= 4 is 17.7 Å². The highest BCUT2D eigenvalue weighted by molar-refractivity contribution is 8.00. The predicted octanol–water partition coefficient (Wildman–Crippen LogP) is -2.53. The third-order valence-corrected chi connectivity index (χ3v) is 5.20. The van der Waals surface area contributed by atoms with Crippen LogP contribution in [0.5, 0.6) is 0 Å². The maximum absolute atomic E-state index is 12.3. The van der Waals surface area contributed by atoms with Crippen LogP contribution in [0, 0.1) is 0 Å². The zero-order valence-corrected chi connectivity index (χ0v) is 11.4. The van der Waals surface area contributed by atoms with Crippen LogP contribution in [0.3, 0.4) is 0 Å². The molecule has 0 amide bonds. The molecule has 3 rings (SSSR count). The molecule has 3 heterocycles. The number of hydrogen-bond donors (Lipinski definition) is 1. The average molecular weight is 281 g/mol. The Morgan fingerprint density at radius 1 is 1.68 bits per heavy atom. The predicted molar refractivity (Wildman–Crippen MR) is 67.1 cm³/mol. The Balaban J connectivity index is 1.99. The highest BCUT2D eigenvalue weighted by atomic mass is 32.2. The van der Waals surface area contributed by atoms with Crippen molar-refractivity contribution in [2.24, 2.45) is 0 Å². The fraction of sp³-hybridized carbons (Fsp3) is 0.583. The summed E-state index contributed by atoms with van der Waals surface area (Å²) < 4.78 is 1.14. The summed E-state index contributed by atoms with van der Waals surface area (Å²) in [6.07, 6.45) is 2.28. The van der Waals surface area contributed by atoms with Crippen LogP contribution < -0.4 is 15.6 Å². The van der Waals surface area contributed by atoms with Crippen molar-refractivity contribution in [3.63, 3.8) is 0 Å². The lowest BCUT2D eigenvalue weighted by Gasteiger charge is -2.28. The SMILES string of the molecule is C[NH+]1CC[C@H]2c3c(ncn(CC(=O)[O-])c3=O)S[C@@H]2C1. The summed E-state index contributed by atoms with van der Waals surface area (Å²) in [7, 11) is 2.15. The Bertz CT molecular complexity index is 586. The number of carbonyl (C=O) groups excluding carboxylic acids is 1. The molecule has 1 aromatic heterocycles. The van der Waals surface area contributed by atoms with Gasteiger partial charge in [-0.1, -0.05) is 11.8 Å². The Morgan fingerprint density at radius 3 is 3.21 bits per heavy atom. The topological polar surface area (TPSA) is 79.5 Å². The van der Waals surface area contributed by atoms with E-state index in [1.54, 1.807) is 11.8 Å². The number of thioether (sulfide) groups is 1. The van der Waals surface area contributed by atoms with Gasteiger partial charge in [-0.3, -0.25) is 9.36 Å². The minimum absolute atomic E-state index is 0.214. The lowest BCUT2D eigenvalue weighted by Crippen LogP contribution is -3.11. The number of quaternary nitrogens is 1. The summed E-state index contributed by atoms with van der Waals surface area (Å²) in [4.78, 5) is 28.7. The van der Waals surface area contributed by atoms with E-state index >= 15 is 0 Å². The number of nitrogens with zero attached hydrogens (tertiary/aromatic N) is 2. The molecule has 102 valence electrons. The summed E-state index contributed by atoms with van der Waals surface area (Å²) in [5.74, 6) is -1.04. The molecule has 2 aliphatic rings. The third kappa shape index (κ3) is 2.17. The summed E-state index contributed by atoms with van der Waals surface area (Å²) in [6, 6.07) is 0. The molecule has 1 aromatic rings. The van der Waals surface area contributed by atoms with Crippen LogP contribution in [0.2, 0.25) is 0 Å². The number of carboxylic acids is 1. The second-order valence-electron chi connectivity index (χ2n) is 5.23. The van der Waals surface area contributed by atoms with Crippen LogP contribution >= 0.6 is 11.8 Å². The Labute approximate surface area is 114 Å². The maximum Gasteiger partial charge on any atom is 0.258 e. The van der Waals surface area contributed by atoms with Crippen molar-refractivity contribution in [2.75, 3.05) is 20.1 Å². The third-order valence-electron chi connectivity index (χ3n) is 3.85. The van der Waals surface area contributed by atoms with Gasteiger partial charge in [0.15, 0.2) is 0 Å². The van der Waals surface area contributed by atoms with E-state index in [0.29, 0.717) is 10.8 Å². The minimum atomic E-state index is -1.26. The van der Waals surface area contributed by atoms with E-state index in [-0.39, 0.29) is 11.5 Å². The first kappa shape index (κ1) is 12.7. The lowest BCUT2D eigenvalue weighted by atomic mass is 9.91. The van der Waals surface area contributed by atoms with Gasteiger partial charge < -0.3 is 14.8 Å². The first-order chi connectivity index (χ1) is 9.06. The molecule has 1 fully saturated rings. The van der Waals surface area contributed by atoms with E-state index in [4.69, 9.17) is 0 Å². The van der Waals surface area contributed by atoms with Crippen LogP contribution in [0.1, 0.15) is 17.9 Å². The number of carboxylic acid groups (broad SMARTS) is 1. The molecular weight excluding hydrogens is 266 g/mol. The molecule has 0 bridgehead atoms. The second kappa shape index (κ2) is 4.64. The van der Waals surface area contributed by atoms with E-state index in [2.05, 4.69) is 12.0 Å². The first-order valence-electron chi connectivity index (χ1n) is 6.33. The number of carbonyl (C=O) groups is 1. The van der Waals surface area contributed by atoms with E-state index in [1.807, 2.05) is 0 Å². The zero-order valence-electron chi connectivity index (χ0n) is 10.6. The number of fused-ring (bicyclic) bond motifs is 3. The zero-order chi connectivity index (χ0) is 13.6. The van der Waals surface area contributed by atoms with Gasteiger partial charge in [-0.25, -0.2) is 4.98 Å². The number of aliphatic carboxylic acids is 1. The molecule has 0 aliphatic carbocycles. The van der Waals surface area contributed by atoms with E-state index in [0.717, 1.165) is 29.1 Å². The number of likely N-dealkylation sites (tertiary alicyclic amines) is 1. The summed E-state index contributed by atoms with van der Waals surface area (Å²) in [5.41, 5.74) is 0.500. The summed E-state index contributed by atoms with van der Waals surface area (Å²) in [6.45, 7) is 1.63. The number of nitrogens with one attached hydrogen (secondary N) is 1. The number of rotatable bonds is 2. The summed E-state index contributed by atoms with van der Waals surface area (Å²) in [5, 5.41) is 11.8. The van der Waals surface area contributed by atoms with Crippen LogP contribution in [0.4, 0.5) is 0 Å². The van der Waals surface area contributed by atoms with Crippen molar-refractivity contribution in [2.45, 2.75) is 29.2 Å². The van der Waals surface area contributed by atoms with Gasteiger partial charge in [0.25, 0.3) is 5.56 Å². The first-order valence-corrected chi connectivity index (χ1v) is 7.21. The van der Waals surface area contributed by atoms with E-state index in [9.17, 15) is 14.7 Å². The van der Waals surface area contributed by atoms with Crippen molar-refractivity contribution in [1.82, 2.24) is 9.55 Å². The molecule has 19 heavy (non-hydrogen) atoms. The Hall–Kier alpha value is -1.34. The van der Waals surface area contributed by atoms with Gasteiger partial charge in [-0.15, -0.1) is 0 Å². The van der Waals surface area contributed by atoms with Crippen molar-refractivity contribution < 1.29 is 14.8 Å². The van der Waals surface area contributed by atoms with Crippen molar-refractivity contribution in [3.8, 4) is 0 Å². The number of aromatic nitrogens is 2. The quantitative estimate of drug-likeness (QED) is 0.605. The van der Waals surface area contributed by atoms with Crippen LogP contribution in [-0.2, 0) is 11.3 Å². The van der Waals surface area contributed by atoms with Crippen molar-refractivity contribution in [1.29, 1.82) is 0 Å². The molecule has 1 saturated heterocycles. The van der Waals surface area contributed by atoms with Crippen LogP contribution in [-0.4, -0.2) is 40.9 Å². The molecule has 2 aliphatic heterocycles. The Morgan fingerprint density at radius 2 is 2.47 bits per heavy atom. The van der Waals surface area contributed by atoms with Gasteiger partial charge in [0.2, 0.25) is 0 Å². The monoisotopic (exact) mass is 281 g/mol. The molecule has 0 spiro atoms. The molecule has 0 radical (unpaired) electrons. The van der Waals surface area contributed by atoms with Gasteiger partial charge in [0.05, 0.1) is 49.8 Å². The van der Waals surface area contributed by atoms with Gasteiger partial charge in [-0.05, 0) is 0 Å². The van der Waals surface area contributed by atoms with E-state index in [1.165, 1.54) is 11.2 Å². The van der Waals surface area contributed by atoms with Gasteiger partial charge in [0, 0.05) is 12.3 Å². The molecule has 1 N–H and O–H groups in total. The fourth-order valence-electron chi connectivity index (χ4n) is 2.93. The van der Waals surface area contributed by atoms with Gasteiger partial charge in [-0.2, -0.15) is 0 Å². The normalized spacial score (nSPS) is 28.8. The largest absolute Gasteiger partial charge is 0.548 e. The lowest BCUT2D eigenvalue weighted by molar-refractivity contribution is -0.884. The standard InChI is InChI=1S/C12H15N3O3S/c1-14-3-2-7-8(4-14)19-11-10(7)12(18)15(6-13-11)5-9(16)17/h6-8H,2-5H2,1H3,(H,16,17)/t7-,8-/m1/s1. The smallest absolute Gasteiger partial charge is 0.258 e. The fourth-order valence-corrected chi connectivity index (χ4v) is 4.49. The van der Waals surface area contributed by atoms with Gasteiger partial charge >= 0.3 is 0 Å². The number of hydrogen-bond acceptors (Lipinski definition) is 5. The second-order valence-corrected chi connectivity index (χ2v) is 6.46. The molecule has 3 atom stereocenters. The highest BCUT2D eigenvalue weighted by Crippen LogP contribution is 2.44. The van der Waals surface area contributed by atoms with Crippen molar-refractivity contribution in [3.05, 3.63) is 22.2 Å². The molecule has 0 aromatic carbocycles. The minimum Gasteiger partial charge on any atom is -0.548 e. The molecule has 6 nitrogen and oxygen atoms in total. The molecule has 0 saturated carbocycles. The van der Waals surface area contributed by atoms with Crippen LogP contribution in [0.15, 0.2) is 16.1 Å². The number of piperidine rings is 1. The highest BCUT2D eigenvalue weighted by Gasteiger charge is 2.41. The average Bonchev–Trinajstić information content (AvgIpc) is 2.70. The molecule has 1 unspecified atom stereocenters. The van der Waals surface area contributed by atoms with Crippen LogP contribution in [0.25, 0.3) is 0 Å². The molecular formula is C12H15N3O3S. The maximum atomic E-state index is 12.3.